The second-order valence-electron chi connectivity index (χ2n) is 4.18. The zero-order chi connectivity index (χ0) is 16.6. The van der Waals surface area contributed by atoms with Crippen LogP contribution in [0.25, 0.3) is 0 Å². The van der Waals surface area contributed by atoms with Gasteiger partial charge in [0.2, 0.25) is 3.79 Å². The molecule has 2 N–H and O–H groups in total. The summed E-state index contributed by atoms with van der Waals surface area (Å²) in [6, 6.07) is 7.70. The molecule has 0 aliphatic heterocycles. The molecule has 1 amide bonds. The van der Waals surface area contributed by atoms with E-state index in [1.165, 1.54) is 0 Å². The lowest BCUT2D eigenvalue weighted by atomic mass is 10.2. The fraction of sp³-hybridized carbons (Fsp3) is 0.385. The van der Waals surface area contributed by atoms with Crippen LogP contribution in [0.4, 0.5) is 4.79 Å². The maximum Gasteiger partial charge on any atom is 0.407 e. The van der Waals surface area contributed by atoms with E-state index in [1.807, 2.05) is 6.07 Å². The van der Waals surface area contributed by atoms with Gasteiger partial charge >= 0.3 is 12.1 Å². The van der Waals surface area contributed by atoms with Gasteiger partial charge in [-0.25, -0.2) is 9.59 Å². The van der Waals surface area contributed by atoms with Gasteiger partial charge in [-0.2, -0.15) is 0 Å². The summed E-state index contributed by atoms with van der Waals surface area (Å²) >= 11 is 16.3. The predicted molar refractivity (Wildman–Crippen MR) is 82.8 cm³/mol. The van der Waals surface area contributed by atoms with Crippen LogP contribution in [0, 0.1) is 0 Å². The Morgan fingerprint density at radius 3 is 2.41 bits per heavy atom. The fourth-order valence-corrected chi connectivity index (χ4v) is 1.56. The van der Waals surface area contributed by atoms with Gasteiger partial charge < -0.3 is 19.9 Å². The van der Waals surface area contributed by atoms with Gasteiger partial charge in [-0.05, 0) is 12.1 Å². The van der Waals surface area contributed by atoms with Crippen LogP contribution < -0.4 is 10.1 Å². The molecule has 0 unspecified atom stereocenters. The highest BCUT2D eigenvalue weighted by atomic mass is 35.6. The lowest BCUT2D eigenvalue weighted by molar-refractivity contribution is -0.139. The van der Waals surface area contributed by atoms with Crippen molar-refractivity contribution in [3.05, 3.63) is 30.3 Å². The first-order valence-electron chi connectivity index (χ1n) is 6.18. The van der Waals surface area contributed by atoms with E-state index >= 15 is 0 Å². The third-order valence-corrected chi connectivity index (χ3v) is 2.70. The van der Waals surface area contributed by atoms with Gasteiger partial charge in [0.25, 0.3) is 0 Å². The molecule has 0 saturated carbocycles. The van der Waals surface area contributed by atoms with Gasteiger partial charge in [0, 0.05) is 6.42 Å². The van der Waals surface area contributed by atoms with E-state index in [0.29, 0.717) is 5.75 Å². The normalized spacial score (nSPS) is 12.3. The van der Waals surface area contributed by atoms with Crippen molar-refractivity contribution < 1.29 is 24.2 Å². The summed E-state index contributed by atoms with van der Waals surface area (Å²) in [6.07, 6.45) is -0.939. The number of ether oxygens (including phenoxy) is 2. The monoisotopic (exact) mass is 369 g/mol. The molecule has 0 radical (unpaired) electrons. The summed E-state index contributed by atoms with van der Waals surface area (Å²) < 4.78 is 8.21. The number of benzene rings is 1. The van der Waals surface area contributed by atoms with Crippen LogP contribution in [-0.4, -0.2) is 40.2 Å². The first-order valence-corrected chi connectivity index (χ1v) is 7.32. The van der Waals surface area contributed by atoms with Crippen LogP contribution in [0.1, 0.15) is 6.42 Å². The number of halogens is 3. The third kappa shape index (κ3) is 8.17. The number of alkyl carbamates (subject to hydrolysis) is 1. The zero-order valence-corrected chi connectivity index (χ0v) is 13.6. The summed E-state index contributed by atoms with van der Waals surface area (Å²) in [7, 11) is 0. The predicted octanol–water partition coefficient (Wildman–Crippen LogP) is 3.01. The number of carboxylic acids is 1. The Morgan fingerprint density at radius 2 is 1.86 bits per heavy atom. The average molecular weight is 371 g/mol. The second kappa shape index (κ2) is 8.92. The average Bonchev–Trinajstić information content (AvgIpc) is 2.44. The number of nitrogens with one attached hydrogen (secondary N) is 1. The first kappa shape index (κ1) is 18.7. The summed E-state index contributed by atoms with van der Waals surface area (Å²) in [4.78, 5) is 22.5. The largest absolute Gasteiger partial charge is 0.494 e. The molecule has 1 rings (SSSR count). The van der Waals surface area contributed by atoms with E-state index < -0.39 is 28.5 Å². The number of amides is 1. The van der Waals surface area contributed by atoms with Crippen molar-refractivity contribution in [2.24, 2.45) is 0 Å². The van der Waals surface area contributed by atoms with E-state index in [9.17, 15) is 9.59 Å². The van der Waals surface area contributed by atoms with E-state index in [4.69, 9.17) is 44.6 Å². The van der Waals surface area contributed by atoms with Crippen LogP contribution in [0.15, 0.2) is 30.3 Å². The number of aliphatic carboxylic acids is 1. The van der Waals surface area contributed by atoms with Crippen molar-refractivity contribution in [2.45, 2.75) is 16.3 Å². The molecule has 0 bridgehead atoms. The Kier molecular flexibility index (Phi) is 7.58. The summed E-state index contributed by atoms with van der Waals surface area (Å²) in [6.45, 7) is -0.387. The summed E-state index contributed by atoms with van der Waals surface area (Å²) in [5.41, 5.74) is 0. The van der Waals surface area contributed by atoms with E-state index in [-0.39, 0.29) is 13.0 Å². The minimum atomic E-state index is -1.76. The Balaban J connectivity index is 2.38. The summed E-state index contributed by atoms with van der Waals surface area (Å²) in [5.74, 6) is -0.618. The van der Waals surface area contributed by atoms with Crippen molar-refractivity contribution in [2.75, 3.05) is 13.2 Å². The highest BCUT2D eigenvalue weighted by molar-refractivity contribution is 6.67. The molecule has 0 spiro atoms. The Labute approximate surface area is 142 Å². The van der Waals surface area contributed by atoms with Crippen LogP contribution in [0.3, 0.4) is 0 Å². The van der Waals surface area contributed by atoms with Crippen molar-refractivity contribution in [1.82, 2.24) is 5.32 Å². The number of hydrogen-bond donors (Lipinski definition) is 2. The third-order valence-electron chi connectivity index (χ3n) is 2.38. The highest BCUT2D eigenvalue weighted by Crippen LogP contribution is 2.25. The molecule has 1 atom stereocenters. The molecule has 0 saturated heterocycles. The quantitative estimate of drug-likeness (QED) is 0.721. The van der Waals surface area contributed by atoms with E-state index in [1.54, 1.807) is 24.3 Å². The molecule has 0 aliphatic rings. The van der Waals surface area contributed by atoms with Gasteiger partial charge in [0.15, 0.2) is 0 Å². The minimum absolute atomic E-state index is 0.0487. The smallest absolute Gasteiger partial charge is 0.407 e. The van der Waals surface area contributed by atoms with E-state index in [2.05, 4.69) is 10.1 Å². The number of carbonyl (C=O) groups is 2. The standard InChI is InChI=1S/C13H14Cl3NO5/c14-13(15,16)8-22-12(20)17-10(11(18)19)6-7-21-9-4-2-1-3-5-9/h1-5,10H,6-8H2,(H,17,20)(H,18,19)/t10-/m0/s1. The molecule has 9 heteroatoms. The number of carbonyl (C=O) groups excluding carboxylic acids is 1. The Morgan fingerprint density at radius 1 is 1.23 bits per heavy atom. The van der Waals surface area contributed by atoms with Gasteiger partial charge in [0.05, 0.1) is 6.61 Å². The van der Waals surface area contributed by atoms with Gasteiger partial charge in [-0.3, -0.25) is 0 Å². The SMILES string of the molecule is O=C(N[C@@H](CCOc1ccccc1)C(=O)O)OCC(Cl)(Cl)Cl. The number of hydrogen-bond acceptors (Lipinski definition) is 4. The molecular weight excluding hydrogens is 357 g/mol. The molecule has 6 nitrogen and oxygen atoms in total. The molecule has 1 aromatic rings. The molecular formula is C13H14Cl3NO5. The molecule has 1 aromatic carbocycles. The van der Waals surface area contributed by atoms with Crippen LogP contribution in [-0.2, 0) is 9.53 Å². The Bertz CT molecular complexity index is 492. The zero-order valence-electron chi connectivity index (χ0n) is 11.3. The molecule has 0 aliphatic carbocycles. The topological polar surface area (TPSA) is 84.9 Å². The Hall–Kier alpha value is -1.37. The number of carboxylic acid groups (broad SMARTS) is 1. The maximum absolute atomic E-state index is 11.4. The van der Waals surface area contributed by atoms with Crippen molar-refractivity contribution >= 4 is 46.9 Å². The number of para-hydroxylation sites is 1. The number of rotatable bonds is 7. The maximum atomic E-state index is 11.4. The lowest BCUT2D eigenvalue weighted by Gasteiger charge is -2.16. The van der Waals surface area contributed by atoms with Gasteiger partial charge in [0.1, 0.15) is 18.4 Å². The molecule has 122 valence electrons. The van der Waals surface area contributed by atoms with Gasteiger partial charge in [-0.1, -0.05) is 53.0 Å². The molecule has 0 fully saturated rings. The fourth-order valence-electron chi connectivity index (χ4n) is 1.40. The highest BCUT2D eigenvalue weighted by Gasteiger charge is 2.25. The first-order chi connectivity index (χ1) is 10.3. The molecule has 22 heavy (non-hydrogen) atoms. The summed E-state index contributed by atoms with van der Waals surface area (Å²) in [5, 5.41) is 11.2. The van der Waals surface area contributed by atoms with Crippen LogP contribution in [0.5, 0.6) is 5.75 Å². The molecule has 0 heterocycles. The van der Waals surface area contributed by atoms with Crippen molar-refractivity contribution in [3.8, 4) is 5.75 Å². The molecule has 0 aromatic heterocycles. The van der Waals surface area contributed by atoms with Gasteiger partial charge in [-0.15, -0.1) is 0 Å². The van der Waals surface area contributed by atoms with Crippen LogP contribution in [0.2, 0.25) is 0 Å². The van der Waals surface area contributed by atoms with E-state index in [0.717, 1.165) is 0 Å². The lowest BCUT2D eigenvalue weighted by Crippen LogP contribution is -2.42. The van der Waals surface area contributed by atoms with Crippen molar-refractivity contribution in [1.29, 1.82) is 0 Å². The second-order valence-corrected chi connectivity index (χ2v) is 6.69. The minimum Gasteiger partial charge on any atom is -0.494 e. The van der Waals surface area contributed by atoms with Crippen LogP contribution >= 0.6 is 34.8 Å². The number of alkyl halides is 3. The van der Waals surface area contributed by atoms with Crippen molar-refractivity contribution in [3.63, 3.8) is 0 Å².